The summed E-state index contributed by atoms with van der Waals surface area (Å²) in [6.07, 6.45) is 1.59. The van der Waals surface area contributed by atoms with Crippen LogP contribution in [0.2, 0.25) is 0 Å². The van der Waals surface area contributed by atoms with Crippen molar-refractivity contribution in [1.82, 2.24) is 10.2 Å². The van der Waals surface area contributed by atoms with Gasteiger partial charge < -0.3 is 15.3 Å². The maximum absolute atomic E-state index is 12.5. The highest BCUT2D eigenvalue weighted by Crippen LogP contribution is 2.25. The number of rotatable bonds is 8. The molecule has 2 N–H and O–H groups in total. The molecule has 3 aromatic rings. The largest absolute Gasteiger partial charge is 0.395 e. The molecule has 3 rings (SSSR count). The third kappa shape index (κ3) is 4.84. The summed E-state index contributed by atoms with van der Waals surface area (Å²) in [5, 5.41) is 15.7. The molecule has 0 saturated carbocycles. The second-order valence-corrected chi connectivity index (χ2v) is 7.10. The highest BCUT2D eigenvalue weighted by molar-refractivity contribution is 7.17. The smallest absolute Gasteiger partial charge is 0.317 e. The van der Waals surface area contributed by atoms with Gasteiger partial charge in [-0.05, 0) is 40.8 Å². The van der Waals surface area contributed by atoms with E-state index in [-0.39, 0.29) is 12.6 Å². The van der Waals surface area contributed by atoms with E-state index in [1.165, 1.54) is 21.2 Å². The van der Waals surface area contributed by atoms with Gasteiger partial charge in [-0.1, -0.05) is 48.5 Å². The lowest BCUT2D eigenvalue weighted by atomic mass is 10.1. The number of carbonyl (C=O) groups excluding carboxylic acids is 1. The van der Waals surface area contributed by atoms with Crippen LogP contribution in [0.15, 0.2) is 60.0 Å². The summed E-state index contributed by atoms with van der Waals surface area (Å²) in [7, 11) is 0. The fourth-order valence-corrected chi connectivity index (χ4v) is 3.98. The Hall–Kier alpha value is -2.37. The normalized spacial score (nSPS) is 10.8. The van der Waals surface area contributed by atoms with Crippen LogP contribution in [0.1, 0.15) is 11.1 Å². The molecule has 2 amide bonds. The Morgan fingerprint density at radius 1 is 1.00 bits per heavy atom. The van der Waals surface area contributed by atoms with Crippen molar-refractivity contribution in [2.24, 2.45) is 0 Å². The van der Waals surface area contributed by atoms with Gasteiger partial charge in [0.2, 0.25) is 0 Å². The summed E-state index contributed by atoms with van der Waals surface area (Å²) in [5.41, 5.74) is 2.46. The summed E-state index contributed by atoms with van der Waals surface area (Å²) >= 11 is 1.74. The zero-order chi connectivity index (χ0) is 18.2. The average molecular weight is 369 g/mol. The van der Waals surface area contributed by atoms with E-state index >= 15 is 0 Å². The fraction of sp³-hybridized carbons (Fsp3) is 0.286. The number of hydrogen-bond acceptors (Lipinski definition) is 3. The molecule has 1 aromatic heterocycles. The number of urea groups is 1. The van der Waals surface area contributed by atoms with E-state index in [4.69, 9.17) is 0 Å². The quantitative estimate of drug-likeness (QED) is 0.637. The predicted molar refractivity (Wildman–Crippen MR) is 108 cm³/mol. The van der Waals surface area contributed by atoms with Crippen molar-refractivity contribution in [3.8, 4) is 0 Å². The average Bonchev–Trinajstić information content (AvgIpc) is 3.09. The Balaban J connectivity index is 1.51. The van der Waals surface area contributed by atoms with Crippen LogP contribution in [0, 0.1) is 0 Å². The van der Waals surface area contributed by atoms with Crippen LogP contribution in [-0.4, -0.2) is 42.3 Å². The number of thiophene rings is 1. The Morgan fingerprint density at radius 2 is 1.77 bits per heavy atom. The van der Waals surface area contributed by atoms with E-state index in [2.05, 4.69) is 35.0 Å². The van der Waals surface area contributed by atoms with Crippen molar-refractivity contribution in [2.45, 2.75) is 12.8 Å². The first-order valence-electron chi connectivity index (χ1n) is 8.90. The lowest BCUT2D eigenvalue weighted by molar-refractivity contribution is 0.178. The molecule has 26 heavy (non-hydrogen) atoms. The van der Waals surface area contributed by atoms with Gasteiger partial charge in [-0.25, -0.2) is 4.79 Å². The highest BCUT2D eigenvalue weighted by Gasteiger charge is 2.12. The van der Waals surface area contributed by atoms with Crippen LogP contribution in [0.5, 0.6) is 0 Å². The third-order valence-corrected chi connectivity index (χ3v) is 5.41. The number of hydrogen-bond donors (Lipinski definition) is 2. The maximum Gasteiger partial charge on any atom is 0.317 e. The topological polar surface area (TPSA) is 52.6 Å². The van der Waals surface area contributed by atoms with Gasteiger partial charge >= 0.3 is 6.03 Å². The standard InChI is InChI=1S/C21H24N2O2S/c24-15-14-23(13-11-17-6-2-1-3-7-17)21(25)22-12-10-18-16-26-20-9-5-4-8-19(18)20/h1-9,16,24H,10-15H2,(H,22,25). The first-order valence-corrected chi connectivity index (χ1v) is 9.78. The molecule has 0 fully saturated rings. The summed E-state index contributed by atoms with van der Waals surface area (Å²) < 4.78 is 1.28. The highest BCUT2D eigenvalue weighted by atomic mass is 32.1. The summed E-state index contributed by atoms with van der Waals surface area (Å²) in [5.74, 6) is 0. The van der Waals surface area contributed by atoms with Crippen LogP contribution < -0.4 is 5.32 Å². The number of fused-ring (bicyclic) bond motifs is 1. The van der Waals surface area contributed by atoms with Gasteiger partial charge in [-0.15, -0.1) is 11.3 Å². The summed E-state index contributed by atoms with van der Waals surface area (Å²) in [6, 6.07) is 18.3. The Kier molecular flexibility index (Phi) is 6.63. The number of aliphatic hydroxyl groups excluding tert-OH is 1. The summed E-state index contributed by atoms with van der Waals surface area (Å²) in [6.45, 7) is 1.50. The fourth-order valence-electron chi connectivity index (χ4n) is 2.99. The second-order valence-electron chi connectivity index (χ2n) is 6.19. The number of benzene rings is 2. The molecule has 0 aliphatic rings. The van der Waals surface area contributed by atoms with Crippen LogP contribution >= 0.6 is 11.3 Å². The molecule has 0 unspecified atom stereocenters. The molecule has 4 nitrogen and oxygen atoms in total. The first-order chi connectivity index (χ1) is 12.8. The molecule has 5 heteroatoms. The van der Waals surface area contributed by atoms with Crippen molar-refractivity contribution in [3.05, 3.63) is 71.1 Å². The van der Waals surface area contributed by atoms with Gasteiger partial charge in [-0.3, -0.25) is 0 Å². The third-order valence-electron chi connectivity index (χ3n) is 4.40. The Morgan fingerprint density at radius 3 is 2.58 bits per heavy atom. The van der Waals surface area contributed by atoms with Gasteiger partial charge in [0.1, 0.15) is 0 Å². The van der Waals surface area contributed by atoms with Gasteiger partial charge in [0, 0.05) is 24.3 Å². The minimum absolute atomic E-state index is 0.0304. The van der Waals surface area contributed by atoms with Crippen LogP contribution in [0.4, 0.5) is 4.79 Å². The van der Waals surface area contributed by atoms with Crippen molar-refractivity contribution in [2.75, 3.05) is 26.2 Å². The molecule has 0 atom stereocenters. The zero-order valence-electron chi connectivity index (χ0n) is 14.7. The second kappa shape index (κ2) is 9.36. The lowest BCUT2D eigenvalue weighted by Gasteiger charge is -2.22. The lowest BCUT2D eigenvalue weighted by Crippen LogP contribution is -2.43. The van der Waals surface area contributed by atoms with E-state index in [1.807, 2.05) is 30.3 Å². The Labute approximate surface area is 158 Å². The molecule has 2 aromatic carbocycles. The number of nitrogens with zero attached hydrogens (tertiary/aromatic N) is 1. The van der Waals surface area contributed by atoms with E-state index in [0.29, 0.717) is 19.6 Å². The zero-order valence-corrected chi connectivity index (χ0v) is 15.5. The molecule has 0 aliphatic carbocycles. The van der Waals surface area contributed by atoms with Crippen molar-refractivity contribution >= 4 is 27.5 Å². The minimum atomic E-state index is -0.116. The molecule has 0 spiro atoms. The van der Waals surface area contributed by atoms with E-state index in [0.717, 1.165) is 12.8 Å². The van der Waals surface area contributed by atoms with E-state index in [1.54, 1.807) is 16.2 Å². The van der Waals surface area contributed by atoms with Gasteiger partial charge in [0.25, 0.3) is 0 Å². The molecular formula is C21H24N2O2S. The predicted octanol–water partition coefficient (Wildman–Crippen LogP) is 3.69. The molecule has 0 saturated heterocycles. The molecule has 0 radical (unpaired) electrons. The maximum atomic E-state index is 12.5. The van der Waals surface area contributed by atoms with Gasteiger partial charge in [-0.2, -0.15) is 0 Å². The van der Waals surface area contributed by atoms with Gasteiger partial charge in [0.05, 0.1) is 6.61 Å². The monoisotopic (exact) mass is 368 g/mol. The minimum Gasteiger partial charge on any atom is -0.395 e. The van der Waals surface area contributed by atoms with Crippen LogP contribution in [0.3, 0.4) is 0 Å². The number of aliphatic hydroxyl groups is 1. The van der Waals surface area contributed by atoms with Gasteiger partial charge in [0.15, 0.2) is 0 Å². The van der Waals surface area contributed by atoms with Crippen molar-refractivity contribution < 1.29 is 9.90 Å². The molecular weight excluding hydrogens is 344 g/mol. The molecule has 136 valence electrons. The number of amides is 2. The van der Waals surface area contributed by atoms with Crippen LogP contribution in [-0.2, 0) is 12.8 Å². The molecule has 1 heterocycles. The van der Waals surface area contributed by atoms with E-state index in [9.17, 15) is 9.90 Å². The summed E-state index contributed by atoms with van der Waals surface area (Å²) in [4.78, 5) is 14.1. The number of carbonyl (C=O) groups is 1. The van der Waals surface area contributed by atoms with Crippen molar-refractivity contribution in [3.63, 3.8) is 0 Å². The Bertz CT molecular complexity index is 832. The SMILES string of the molecule is O=C(NCCc1csc2ccccc12)N(CCO)CCc1ccccc1. The first kappa shape index (κ1) is 18.4. The van der Waals surface area contributed by atoms with E-state index < -0.39 is 0 Å². The van der Waals surface area contributed by atoms with Crippen LogP contribution in [0.25, 0.3) is 10.1 Å². The number of nitrogens with one attached hydrogen (secondary N) is 1. The van der Waals surface area contributed by atoms with Crippen molar-refractivity contribution in [1.29, 1.82) is 0 Å². The molecule has 0 bridgehead atoms. The molecule has 0 aliphatic heterocycles.